The zero-order valence-corrected chi connectivity index (χ0v) is 14.5. The Hall–Kier alpha value is -2.11. The van der Waals surface area contributed by atoms with E-state index in [9.17, 15) is 9.90 Å². The zero-order chi connectivity index (χ0) is 16.6. The quantitative estimate of drug-likeness (QED) is 0.702. The van der Waals surface area contributed by atoms with Crippen LogP contribution in [0.25, 0.3) is 23.2 Å². The minimum atomic E-state index is -0.156. The fourth-order valence-corrected chi connectivity index (χ4v) is 2.91. The van der Waals surface area contributed by atoms with Gasteiger partial charge >= 0.3 is 0 Å². The largest absolute Gasteiger partial charge is 0.508 e. The molecule has 0 saturated heterocycles. The number of phenols is 1. The fourth-order valence-electron chi connectivity index (χ4n) is 2.31. The van der Waals surface area contributed by atoms with Gasteiger partial charge in [0.1, 0.15) is 11.6 Å². The molecule has 0 unspecified atom stereocenters. The Labute approximate surface area is 145 Å². The van der Waals surface area contributed by atoms with E-state index in [0.717, 1.165) is 4.47 Å². The molecule has 23 heavy (non-hydrogen) atoms. The van der Waals surface area contributed by atoms with Crippen LogP contribution < -0.4 is 5.56 Å². The van der Waals surface area contributed by atoms with Crippen molar-refractivity contribution in [3.05, 3.63) is 67.6 Å². The van der Waals surface area contributed by atoms with Crippen molar-refractivity contribution < 1.29 is 5.11 Å². The number of aromatic nitrogens is 2. The molecule has 4 nitrogen and oxygen atoms in total. The maximum atomic E-state index is 12.6. The lowest BCUT2D eigenvalue weighted by Crippen LogP contribution is -2.19. The van der Waals surface area contributed by atoms with Crippen molar-refractivity contribution >= 4 is 50.7 Å². The minimum Gasteiger partial charge on any atom is -0.508 e. The van der Waals surface area contributed by atoms with Crippen molar-refractivity contribution in [3.8, 4) is 5.75 Å². The van der Waals surface area contributed by atoms with Gasteiger partial charge in [0, 0.05) is 15.7 Å². The summed E-state index contributed by atoms with van der Waals surface area (Å²) in [6, 6.07) is 10.1. The van der Waals surface area contributed by atoms with Gasteiger partial charge in [-0.15, -0.1) is 0 Å². The Morgan fingerprint density at radius 3 is 2.78 bits per heavy atom. The Kier molecular flexibility index (Phi) is 4.24. The number of halogens is 2. The van der Waals surface area contributed by atoms with Crippen molar-refractivity contribution in [2.45, 2.75) is 6.92 Å². The van der Waals surface area contributed by atoms with Crippen molar-refractivity contribution in [2.24, 2.45) is 0 Å². The van der Waals surface area contributed by atoms with Gasteiger partial charge in [0.05, 0.1) is 10.9 Å². The highest BCUT2D eigenvalue weighted by molar-refractivity contribution is 9.10. The lowest BCUT2D eigenvalue weighted by Gasteiger charge is -2.06. The van der Waals surface area contributed by atoms with Crippen LogP contribution in [0.1, 0.15) is 11.4 Å². The van der Waals surface area contributed by atoms with E-state index in [1.54, 1.807) is 43.5 Å². The molecule has 0 bridgehead atoms. The summed E-state index contributed by atoms with van der Waals surface area (Å²) in [6.07, 6.45) is 3.32. The molecule has 0 amide bonds. The average Bonchev–Trinajstić information content (AvgIpc) is 2.47. The first-order valence-electron chi connectivity index (χ1n) is 6.80. The van der Waals surface area contributed by atoms with Crippen molar-refractivity contribution in [1.29, 1.82) is 0 Å². The maximum absolute atomic E-state index is 12.6. The van der Waals surface area contributed by atoms with Crippen LogP contribution in [-0.4, -0.2) is 14.7 Å². The molecule has 116 valence electrons. The van der Waals surface area contributed by atoms with E-state index in [2.05, 4.69) is 20.9 Å². The summed E-state index contributed by atoms with van der Waals surface area (Å²) < 4.78 is 2.29. The maximum Gasteiger partial charge on any atom is 0.265 e. The van der Waals surface area contributed by atoms with Gasteiger partial charge < -0.3 is 5.11 Å². The predicted molar refractivity (Wildman–Crippen MR) is 96.8 cm³/mol. The van der Waals surface area contributed by atoms with Gasteiger partial charge in [-0.2, -0.15) is 0 Å². The first-order chi connectivity index (χ1) is 10.9. The number of fused-ring (bicyclic) bond motifs is 1. The monoisotopic (exact) mass is 390 g/mol. The molecule has 0 aliphatic rings. The summed E-state index contributed by atoms with van der Waals surface area (Å²) in [4.78, 5) is 17.1. The van der Waals surface area contributed by atoms with Gasteiger partial charge in [0.25, 0.3) is 5.56 Å². The van der Waals surface area contributed by atoms with Crippen molar-refractivity contribution in [1.82, 2.24) is 9.55 Å². The van der Waals surface area contributed by atoms with Gasteiger partial charge in [0.15, 0.2) is 0 Å². The molecule has 0 fully saturated rings. The summed E-state index contributed by atoms with van der Waals surface area (Å²) in [5.41, 5.74) is 1.19. The molecular weight excluding hydrogens is 380 g/mol. The van der Waals surface area contributed by atoms with Crippen LogP contribution in [0, 0.1) is 6.92 Å². The molecule has 0 aliphatic heterocycles. The number of hydrogen-bond acceptors (Lipinski definition) is 3. The molecule has 0 radical (unpaired) electrons. The minimum absolute atomic E-state index is 0.0711. The number of hydrogen-bond donors (Lipinski definition) is 1. The van der Waals surface area contributed by atoms with E-state index in [1.807, 2.05) is 6.07 Å². The SMILES string of the molecule is Cc1nc2ccc(Br)cc2c(=O)n1/C=C/c1cc(O)cc(Cl)c1. The molecule has 6 heteroatoms. The van der Waals surface area contributed by atoms with E-state index in [-0.39, 0.29) is 11.3 Å². The highest BCUT2D eigenvalue weighted by Gasteiger charge is 2.06. The molecular formula is C17H12BrClN2O2. The normalized spacial score (nSPS) is 11.4. The number of benzene rings is 2. The second kappa shape index (κ2) is 6.18. The highest BCUT2D eigenvalue weighted by Crippen LogP contribution is 2.21. The summed E-state index contributed by atoms with van der Waals surface area (Å²) in [5, 5.41) is 10.5. The number of aryl methyl sites for hydroxylation is 1. The molecule has 3 aromatic rings. The van der Waals surface area contributed by atoms with Gasteiger partial charge in [-0.05, 0) is 55.0 Å². The Bertz CT molecular complexity index is 976. The van der Waals surface area contributed by atoms with Crippen LogP contribution in [0.4, 0.5) is 0 Å². The summed E-state index contributed by atoms with van der Waals surface area (Å²) in [5.74, 6) is 0.647. The van der Waals surface area contributed by atoms with Crippen LogP contribution in [0.2, 0.25) is 5.02 Å². The van der Waals surface area contributed by atoms with Gasteiger partial charge in [-0.3, -0.25) is 9.36 Å². The summed E-state index contributed by atoms with van der Waals surface area (Å²) in [6.45, 7) is 1.77. The lowest BCUT2D eigenvalue weighted by molar-refractivity contribution is 0.475. The molecule has 0 saturated carbocycles. The summed E-state index contributed by atoms with van der Waals surface area (Å²) >= 11 is 9.27. The van der Waals surface area contributed by atoms with E-state index in [0.29, 0.717) is 27.3 Å². The molecule has 3 rings (SSSR count). The second-order valence-electron chi connectivity index (χ2n) is 5.05. The Balaban J connectivity index is 2.12. The number of aromatic hydroxyl groups is 1. The Morgan fingerprint density at radius 1 is 1.26 bits per heavy atom. The third kappa shape index (κ3) is 3.30. The third-order valence-corrected chi connectivity index (χ3v) is 4.07. The molecule has 0 aliphatic carbocycles. The molecule has 2 aromatic carbocycles. The average molecular weight is 392 g/mol. The number of phenolic OH excluding ortho intramolecular Hbond substituents is 1. The van der Waals surface area contributed by atoms with Crippen LogP contribution in [0.15, 0.2) is 45.7 Å². The van der Waals surface area contributed by atoms with Crippen LogP contribution >= 0.6 is 27.5 Å². The smallest absolute Gasteiger partial charge is 0.265 e. The third-order valence-electron chi connectivity index (χ3n) is 3.36. The molecule has 0 atom stereocenters. The number of rotatable bonds is 2. The second-order valence-corrected chi connectivity index (χ2v) is 6.41. The van der Waals surface area contributed by atoms with Crippen LogP contribution in [0.5, 0.6) is 5.75 Å². The van der Waals surface area contributed by atoms with Crippen molar-refractivity contribution in [3.63, 3.8) is 0 Å². The van der Waals surface area contributed by atoms with E-state index in [1.165, 1.54) is 10.6 Å². The van der Waals surface area contributed by atoms with E-state index < -0.39 is 0 Å². The van der Waals surface area contributed by atoms with E-state index in [4.69, 9.17) is 11.6 Å². The first kappa shape index (κ1) is 15.8. The highest BCUT2D eigenvalue weighted by atomic mass is 79.9. The molecule has 1 aromatic heterocycles. The lowest BCUT2D eigenvalue weighted by atomic mass is 10.2. The molecule has 0 spiro atoms. The Morgan fingerprint density at radius 2 is 2.04 bits per heavy atom. The van der Waals surface area contributed by atoms with Crippen LogP contribution in [-0.2, 0) is 0 Å². The van der Waals surface area contributed by atoms with Crippen LogP contribution in [0.3, 0.4) is 0 Å². The molecule has 1 N–H and O–H groups in total. The van der Waals surface area contributed by atoms with Gasteiger partial charge in [-0.1, -0.05) is 27.5 Å². The zero-order valence-electron chi connectivity index (χ0n) is 12.1. The van der Waals surface area contributed by atoms with Gasteiger partial charge in [-0.25, -0.2) is 4.98 Å². The van der Waals surface area contributed by atoms with Crippen molar-refractivity contribution in [2.75, 3.05) is 0 Å². The first-order valence-corrected chi connectivity index (χ1v) is 7.97. The summed E-state index contributed by atoms with van der Waals surface area (Å²) in [7, 11) is 0. The standard InChI is InChI=1S/C17H12BrClN2O2/c1-10-20-16-3-2-12(18)8-15(16)17(23)21(10)5-4-11-6-13(19)9-14(22)7-11/h2-9,22H,1H3/b5-4+. The predicted octanol–water partition coefficient (Wildman–Crippen LogP) is 4.45. The molecule has 1 heterocycles. The van der Waals surface area contributed by atoms with Gasteiger partial charge in [0.2, 0.25) is 0 Å². The fraction of sp³-hybridized carbons (Fsp3) is 0.0588. The topological polar surface area (TPSA) is 55.1 Å². The van der Waals surface area contributed by atoms with E-state index >= 15 is 0 Å². The number of nitrogens with zero attached hydrogens (tertiary/aromatic N) is 2.